The summed E-state index contributed by atoms with van der Waals surface area (Å²) in [5.74, 6) is 0.451. The van der Waals surface area contributed by atoms with Crippen LogP contribution in [0.3, 0.4) is 0 Å². The number of fused-ring (bicyclic) bond motifs is 4. The van der Waals surface area contributed by atoms with E-state index in [4.69, 9.17) is 14.2 Å². The maximum absolute atomic E-state index is 13.5. The van der Waals surface area contributed by atoms with Gasteiger partial charge in [0.1, 0.15) is 51.7 Å². The second-order valence-corrected chi connectivity index (χ2v) is 24.1. The molecule has 0 unspecified atom stereocenters. The van der Waals surface area contributed by atoms with Crippen molar-refractivity contribution in [1.82, 2.24) is 29.9 Å². The number of rotatable bonds is 12. The molecule has 4 aromatic heterocycles. The van der Waals surface area contributed by atoms with E-state index in [1.165, 1.54) is 38.8 Å². The zero-order valence-electron chi connectivity index (χ0n) is 37.5. The molecule has 0 saturated carbocycles. The molecular formula is C45H48N8O9S4. The zero-order chi connectivity index (χ0) is 47.8. The number of thiazole rings is 2. The minimum atomic E-state index is -3.86. The number of aliphatic hydroxyl groups is 1. The molecule has 346 valence electrons. The fourth-order valence-corrected chi connectivity index (χ4v) is 10.3. The second-order valence-electron chi connectivity index (χ2n) is 17.0. The summed E-state index contributed by atoms with van der Waals surface area (Å²) in [6.07, 6.45) is 1.19. The lowest BCUT2D eigenvalue weighted by molar-refractivity contribution is -0.148. The Morgan fingerprint density at radius 2 is 1.08 bits per heavy atom. The summed E-state index contributed by atoms with van der Waals surface area (Å²) >= 11 is 3.10. The van der Waals surface area contributed by atoms with E-state index >= 15 is 0 Å². The number of ether oxygens (including phenoxy) is 3. The number of anilines is 4. The highest BCUT2D eigenvalue weighted by Gasteiger charge is 2.36. The smallest absolute Gasteiger partial charge is 0.346 e. The number of methoxy groups -OCH3 is 1. The summed E-state index contributed by atoms with van der Waals surface area (Å²) in [6.45, 7) is 12.6. The average Bonchev–Trinajstić information content (AvgIpc) is 3.94. The van der Waals surface area contributed by atoms with Gasteiger partial charge in [-0.1, -0.05) is 0 Å². The molecule has 17 nitrogen and oxygen atoms in total. The Balaban J connectivity index is 0.000000197. The van der Waals surface area contributed by atoms with Crippen LogP contribution in [0.25, 0.3) is 42.2 Å². The van der Waals surface area contributed by atoms with Gasteiger partial charge in [0, 0.05) is 34.3 Å². The van der Waals surface area contributed by atoms with Crippen LogP contribution in [0, 0.1) is 0 Å². The van der Waals surface area contributed by atoms with Crippen LogP contribution >= 0.6 is 22.7 Å². The second kappa shape index (κ2) is 18.6. The van der Waals surface area contributed by atoms with Crippen LogP contribution in [0.4, 0.5) is 23.0 Å². The molecule has 0 aliphatic carbocycles. The Bertz CT molecular complexity index is 3330. The summed E-state index contributed by atoms with van der Waals surface area (Å²) in [4.78, 5) is 37.8. The molecule has 21 heteroatoms. The van der Waals surface area contributed by atoms with Crippen LogP contribution in [0.1, 0.15) is 55.4 Å². The number of esters is 1. The molecule has 0 radical (unpaired) electrons. The molecule has 0 aliphatic rings. The van der Waals surface area contributed by atoms with Gasteiger partial charge >= 0.3 is 5.97 Å². The average molecular weight is 973 g/mol. The Morgan fingerprint density at radius 3 is 1.48 bits per heavy atom. The normalized spacial score (nSPS) is 13.2. The Kier molecular flexibility index (Phi) is 13.5. The number of nitrogens with zero attached hydrogens (tertiary/aromatic N) is 6. The van der Waals surface area contributed by atoms with Crippen molar-refractivity contribution in [1.29, 1.82) is 0 Å². The van der Waals surface area contributed by atoms with E-state index in [1.54, 1.807) is 94.3 Å². The van der Waals surface area contributed by atoms with Gasteiger partial charge in [-0.25, -0.2) is 51.5 Å². The Morgan fingerprint density at radius 1 is 0.636 bits per heavy atom. The van der Waals surface area contributed by atoms with Crippen molar-refractivity contribution in [2.75, 3.05) is 24.4 Å². The summed E-state index contributed by atoms with van der Waals surface area (Å²) in [6, 6.07) is 17.6. The number of benzene rings is 4. The number of hydrogen-bond acceptors (Lipinski definition) is 19. The van der Waals surface area contributed by atoms with E-state index in [2.05, 4.69) is 40.5 Å². The van der Waals surface area contributed by atoms with E-state index in [9.17, 15) is 26.7 Å². The van der Waals surface area contributed by atoms with Crippen LogP contribution in [-0.4, -0.2) is 93.2 Å². The van der Waals surface area contributed by atoms with Crippen molar-refractivity contribution >= 4 is 114 Å². The molecule has 2 atom stereocenters. The molecule has 4 heterocycles. The van der Waals surface area contributed by atoms with Crippen molar-refractivity contribution in [2.24, 2.45) is 0 Å². The molecule has 0 amide bonds. The fourth-order valence-electron chi connectivity index (χ4n) is 6.39. The molecule has 0 fully saturated rings. The first-order valence-electron chi connectivity index (χ1n) is 20.4. The molecule has 0 saturated heterocycles. The third-order valence-corrected chi connectivity index (χ3v) is 16.8. The number of sulfone groups is 2. The zero-order valence-corrected chi connectivity index (χ0v) is 40.7. The lowest BCUT2D eigenvalue weighted by Gasteiger charge is -2.23. The summed E-state index contributed by atoms with van der Waals surface area (Å²) in [5.41, 5.74) is 7.76. The van der Waals surface area contributed by atoms with Crippen molar-refractivity contribution < 1.29 is 40.9 Å². The minimum absolute atomic E-state index is 0.0221. The van der Waals surface area contributed by atoms with Gasteiger partial charge in [0.2, 0.25) is 0 Å². The molecule has 66 heavy (non-hydrogen) atoms. The molecule has 4 aromatic carbocycles. The van der Waals surface area contributed by atoms with Crippen LogP contribution in [0.2, 0.25) is 0 Å². The molecule has 0 aliphatic heterocycles. The third-order valence-electron chi connectivity index (χ3n) is 10.2. The van der Waals surface area contributed by atoms with E-state index < -0.39 is 47.3 Å². The predicted molar refractivity (Wildman–Crippen MR) is 258 cm³/mol. The van der Waals surface area contributed by atoms with Crippen LogP contribution < -0.4 is 20.1 Å². The number of aromatic nitrogens is 6. The van der Waals surface area contributed by atoms with Crippen molar-refractivity contribution in [2.45, 2.75) is 86.9 Å². The summed E-state index contributed by atoms with van der Waals surface area (Å²) in [7, 11) is -6.38. The third kappa shape index (κ3) is 9.85. The monoisotopic (exact) mass is 972 g/mol. The number of aliphatic hydroxyl groups excluding tert-OH is 1. The molecule has 8 aromatic rings. The number of hydrogen-bond donors (Lipinski definition) is 3. The van der Waals surface area contributed by atoms with Crippen molar-refractivity contribution in [3.63, 3.8) is 0 Å². The molecule has 0 bridgehead atoms. The maximum Gasteiger partial charge on any atom is 0.346 e. The summed E-state index contributed by atoms with van der Waals surface area (Å²) in [5, 5.41) is 16.9. The van der Waals surface area contributed by atoms with Crippen molar-refractivity contribution in [3.05, 3.63) is 84.3 Å². The van der Waals surface area contributed by atoms with Gasteiger partial charge in [-0.05, 0) is 104 Å². The van der Waals surface area contributed by atoms with Gasteiger partial charge < -0.3 is 30.0 Å². The highest BCUT2D eigenvalue weighted by Crippen LogP contribution is 2.40. The summed E-state index contributed by atoms with van der Waals surface area (Å²) < 4.78 is 69.8. The van der Waals surface area contributed by atoms with E-state index in [1.807, 2.05) is 36.4 Å². The van der Waals surface area contributed by atoms with E-state index in [0.29, 0.717) is 33.4 Å². The molecule has 8 rings (SSSR count). The molecule has 0 spiro atoms. The standard InChI is InChI=1S/C23H24N4O5S2.C22H24N4O4S2/c1-13(22(28)31-5)32-18-10-16-15(9-20(18)34(29,30)23(2,3)4)21(25-11-24-16)27-14-6-7-19-17(8-14)26-12-33-19;1-13(10-27)30-18-9-16-15(8-20(18)32(28,29)22(2,3)4)21(24-11-23-16)26-14-5-6-19-17(7-14)25-12-31-19/h6-13H,1-5H3,(H,24,25,27);5-9,11-13,27H,10H2,1-4H3,(H,23,24,26)/t2*13-/m11/s1. The highest BCUT2D eigenvalue weighted by molar-refractivity contribution is 7.93. The first kappa shape index (κ1) is 47.8. The van der Waals surface area contributed by atoms with Gasteiger partial charge in [-0.3, -0.25) is 0 Å². The minimum Gasteiger partial charge on any atom is -0.487 e. The number of nitrogens with one attached hydrogen (secondary N) is 2. The van der Waals surface area contributed by atoms with E-state index in [-0.39, 0.29) is 27.9 Å². The van der Waals surface area contributed by atoms with Crippen molar-refractivity contribution in [3.8, 4) is 11.5 Å². The number of carbonyl (C=O) groups is 1. The van der Waals surface area contributed by atoms with Gasteiger partial charge in [0.25, 0.3) is 0 Å². The van der Waals surface area contributed by atoms with Gasteiger partial charge in [-0.2, -0.15) is 0 Å². The Labute approximate surface area is 389 Å². The van der Waals surface area contributed by atoms with Gasteiger partial charge in [-0.15, -0.1) is 22.7 Å². The Hall–Kier alpha value is -6.13. The maximum atomic E-state index is 13.5. The van der Waals surface area contributed by atoms with Crippen LogP contribution in [-0.2, 0) is 29.2 Å². The first-order chi connectivity index (χ1) is 31.1. The molecular weight excluding hydrogens is 925 g/mol. The SMILES string of the molecule is COC(=O)[C@@H](C)Oc1cc2ncnc(Nc3ccc4scnc4c3)c2cc1S(=O)(=O)C(C)(C)C.C[C@H](CO)Oc1cc2ncnc(Nc3ccc4scnc4c3)c2cc1S(=O)(=O)C(C)(C)C. The van der Waals surface area contributed by atoms with Gasteiger partial charge in [0.05, 0.1) is 65.7 Å². The highest BCUT2D eigenvalue weighted by atomic mass is 32.2. The largest absolute Gasteiger partial charge is 0.487 e. The fraction of sp³-hybridized carbons (Fsp3) is 0.311. The first-order valence-corrected chi connectivity index (χ1v) is 25.1. The number of carbonyl (C=O) groups excluding carboxylic acids is 1. The molecule has 3 N–H and O–H groups in total. The van der Waals surface area contributed by atoms with Crippen LogP contribution in [0.5, 0.6) is 11.5 Å². The lowest BCUT2D eigenvalue weighted by Crippen LogP contribution is -2.30. The quantitative estimate of drug-likeness (QED) is 0.0970. The van der Waals surface area contributed by atoms with Gasteiger partial charge in [0.15, 0.2) is 25.8 Å². The topological polar surface area (TPSA) is 235 Å². The van der Waals surface area contributed by atoms with E-state index in [0.717, 1.165) is 31.8 Å². The predicted octanol–water partition coefficient (Wildman–Crippen LogP) is 8.81. The lowest BCUT2D eigenvalue weighted by atomic mass is 10.2. The van der Waals surface area contributed by atoms with Crippen LogP contribution in [0.15, 0.2) is 94.1 Å².